The lowest BCUT2D eigenvalue weighted by Gasteiger charge is -2.22. The molecule has 0 bridgehead atoms. The van der Waals surface area contributed by atoms with Crippen molar-refractivity contribution in [1.82, 2.24) is 24.7 Å². The molecule has 4 aromatic rings. The number of sulfonamides is 1. The quantitative estimate of drug-likeness (QED) is 0.333. The maximum Gasteiger partial charge on any atom is 0.260 e. The van der Waals surface area contributed by atoms with Crippen molar-refractivity contribution in [2.75, 3.05) is 28.2 Å². The number of aromatic amines is 1. The summed E-state index contributed by atoms with van der Waals surface area (Å²) < 4.78 is 54.4. The summed E-state index contributed by atoms with van der Waals surface area (Å²) in [7, 11) is -0.409. The first-order valence-electron chi connectivity index (χ1n) is 11.2. The van der Waals surface area contributed by atoms with Crippen LogP contribution in [0.5, 0.6) is 0 Å². The second kappa shape index (κ2) is 8.50. The number of alkyl halides is 2. The van der Waals surface area contributed by atoms with Gasteiger partial charge in [-0.2, -0.15) is 5.10 Å². The zero-order valence-electron chi connectivity index (χ0n) is 20.4. The highest BCUT2D eigenvalue weighted by molar-refractivity contribution is 7.92. The Hall–Kier alpha value is -4.07. The van der Waals surface area contributed by atoms with E-state index in [4.69, 9.17) is 0 Å². The van der Waals surface area contributed by atoms with Crippen LogP contribution in [-0.2, 0) is 21.9 Å². The lowest BCUT2D eigenvalue weighted by Crippen LogP contribution is -2.25. The molecule has 1 fully saturated rings. The molecule has 3 heterocycles. The molecule has 0 radical (unpaired) electrons. The molecule has 1 saturated carbocycles. The molecular weight excluding hydrogens is 506 g/mol. The summed E-state index contributed by atoms with van der Waals surface area (Å²) in [5.74, 6) is -4.65. The van der Waals surface area contributed by atoms with E-state index in [0.29, 0.717) is 28.4 Å². The Morgan fingerprint density at radius 2 is 1.95 bits per heavy atom. The summed E-state index contributed by atoms with van der Waals surface area (Å²) >= 11 is 0. The summed E-state index contributed by atoms with van der Waals surface area (Å²) in [4.78, 5) is 23.9. The van der Waals surface area contributed by atoms with E-state index in [9.17, 15) is 22.0 Å². The van der Waals surface area contributed by atoms with Crippen LogP contribution in [0, 0.1) is 12.8 Å². The maximum atomic E-state index is 13.4. The highest BCUT2D eigenvalue weighted by Gasteiger charge is 2.61. The third-order valence-electron chi connectivity index (χ3n) is 6.12. The Bertz CT molecular complexity index is 1650. The van der Waals surface area contributed by atoms with Gasteiger partial charge in [-0.1, -0.05) is 6.07 Å². The first-order chi connectivity index (χ1) is 17.3. The van der Waals surface area contributed by atoms with Crippen molar-refractivity contribution in [3.63, 3.8) is 0 Å². The van der Waals surface area contributed by atoms with Gasteiger partial charge >= 0.3 is 0 Å². The number of fused-ring (bicyclic) bond motifs is 1. The molecular formula is C23H24F2N8O3S. The van der Waals surface area contributed by atoms with Gasteiger partial charge in [0, 0.05) is 38.3 Å². The Morgan fingerprint density at radius 3 is 2.57 bits per heavy atom. The van der Waals surface area contributed by atoms with E-state index in [0.717, 1.165) is 21.7 Å². The summed E-state index contributed by atoms with van der Waals surface area (Å²) in [5.41, 5.74) is 3.51. The monoisotopic (exact) mass is 530 g/mol. The summed E-state index contributed by atoms with van der Waals surface area (Å²) in [6, 6.07) is 6.73. The van der Waals surface area contributed by atoms with E-state index in [-0.39, 0.29) is 11.5 Å². The number of hydrogen-bond donors (Lipinski definition) is 3. The molecule has 0 aliphatic heterocycles. The van der Waals surface area contributed by atoms with Gasteiger partial charge in [-0.3, -0.25) is 13.8 Å². The van der Waals surface area contributed by atoms with Crippen LogP contribution in [-0.4, -0.2) is 58.3 Å². The molecule has 5 rings (SSSR count). The molecule has 1 aromatic carbocycles. The fraction of sp³-hybridized carbons (Fsp3) is 0.304. The Morgan fingerprint density at radius 1 is 1.22 bits per heavy atom. The predicted octanol–water partition coefficient (Wildman–Crippen LogP) is 3.40. The van der Waals surface area contributed by atoms with Gasteiger partial charge in [-0.15, -0.1) is 0 Å². The van der Waals surface area contributed by atoms with E-state index in [1.807, 2.05) is 12.3 Å². The molecule has 11 nitrogen and oxygen atoms in total. The van der Waals surface area contributed by atoms with Crippen LogP contribution in [0.2, 0.25) is 0 Å². The van der Waals surface area contributed by atoms with Gasteiger partial charge in [-0.25, -0.2) is 27.2 Å². The standard InChI is InChI=1S/C23H24F2N8O3S/c1-12-27-20-17(8-19(30-21(20)28-12)31-22(34)15-9-23(15,24)25)29-16-6-5-13(14-10-26-32(2)11-14)7-18(16)33(3)37(4,35)36/h5-8,10-11,15H,9H2,1-4H3,(H3,27,28,29,30,31,34)/t15-/m1/s1. The van der Waals surface area contributed by atoms with Gasteiger partial charge in [-0.05, 0) is 24.6 Å². The van der Waals surface area contributed by atoms with Crippen molar-refractivity contribution >= 4 is 50.0 Å². The van der Waals surface area contributed by atoms with Gasteiger partial charge in [0.25, 0.3) is 5.92 Å². The Labute approximate surface area is 211 Å². The molecule has 37 heavy (non-hydrogen) atoms. The third-order valence-corrected chi connectivity index (χ3v) is 7.31. The number of H-pyrrole nitrogens is 1. The van der Waals surface area contributed by atoms with Crippen LogP contribution >= 0.6 is 0 Å². The first-order valence-corrected chi connectivity index (χ1v) is 13.1. The summed E-state index contributed by atoms with van der Waals surface area (Å²) in [6.45, 7) is 1.72. The van der Waals surface area contributed by atoms with E-state index in [2.05, 4.69) is 30.7 Å². The maximum absolute atomic E-state index is 13.4. The van der Waals surface area contributed by atoms with E-state index in [1.54, 1.807) is 37.0 Å². The van der Waals surface area contributed by atoms with Crippen molar-refractivity contribution in [2.24, 2.45) is 13.0 Å². The lowest BCUT2D eigenvalue weighted by atomic mass is 10.1. The zero-order valence-corrected chi connectivity index (χ0v) is 21.2. The average Bonchev–Trinajstić information content (AvgIpc) is 3.09. The molecule has 1 amide bonds. The number of benzene rings is 1. The van der Waals surface area contributed by atoms with E-state index >= 15 is 0 Å². The van der Waals surface area contributed by atoms with Crippen LogP contribution < -0.4 is 14.9 Å². The molecule has 0 spiro atoms. The number of pyridine rings is 1. The SMILES string of the molecule is Cc1nc2nc(NC(=O)[C@H]3CC3(F)F)cc(Nc3ccc(-c4cnn(C)c4)cc3N(C)S(C)(=O)=O)c2[nH]1. The van der Waals surface area contributed by atoms with Gasteiger partial charge < -0.3 is 15.6 Å². The number of imidazole rings is 1. The molecule has 3 aromatic heterocycles. The van der Waals surface area contributed by atoms with Gasteiger partial charge in [0.15, 0.2) is 5.65 Å². The van der Waals surface area contributed by atoms with Gasteiger partial charge in [0.2, 0.25) is 15.9 Å². The number of anilines is 4. The molecule has 1 aliphatic rings. The fourth-order valence-electron chi connectivity index (χ4n) is 3.95. The minimum Gasteiger partial charge on any atom is -0.352 e. The van der Waals surface area contributed by atoms with Crippen LogP contribution in [0.15, 0.2) is 36.7 Å². The summed E-state index contributed by atoms with van der Waals surface area (Å²) in [6.07, 6.45) is 4.07. The number of amides is 1. The largest absolute Gasteiger partial charge is 0.352 e. The number of carbonyl (C=O) groups is 1. The minimum absolute atomic E-state index is 0.0409. The molecule has 1 atom stereocenters. The minimum atomic E-state index is -3.63. The number of hydrogen-bond acceptors (Lipinski definition) is 7. The van der Waals surface area contributed by atoms with Gasteiger partial charge in [0.05, 0.1) is 29.5 Å². The molecule has 194 valence electrons. The number of carbonyl (C=O) groups excluding carboxylic acids is 1. The highest BCUT2D eigenvalue weighted by Crippen LogP contribution is 2.49. The third kappa shape index (κ3) is 4.83. The van der Waals surface area contributed by atoms with Crippen molar-refractivity contribution in [3.05, 3.63) is 42.5 Å². The first kappa shape index (κ1) is 24.6. The Balaban J connectivity index is 1.56. The summed E-state index contributed by atoms with van der Waals surface area (Å²) in [5, 5.41) is 9.82. The number of nitrogens with one attached hydrogen (secondary N) is 3. The van der Waals surface area contributed by atoms with Crippen LogP contribution in [0.4, 0.5) is 31.7 Å². The molecule has 0 unspecified atom stereocenters. The van der Waals surface area contributed by atoms with Crippen molar-refractivity contribution in [1.29, 1.82) is 0 Å². The van der Waals surface area contributed by atoms with Crippen LogP contribution in [0.1, 0.15) is 12.2 Å². The van der Waals surface area contributed by atoms with E-state index in [1.165, 1.54) is 13.1 Å². The number of halogens is 2. The van der Waals surface area contributed by atoms with E-state index < -0.39 is 34.2 Å². The number of aromatic nitrogens is 5. The molecule has 0 saturated heterocycles. The van der Waals surface area contributed by atoms with Crippen LogP contribution in [0.25, 0.3) is 22.3 Å². The highest BCUT2D eigenvalue weighted by atomic mass is 32.2. The topological polar surface area (TPSA) is 138 Å². The Kier molecular flexibility index (Phi) is 5.66. The number of nitrogens with zero attached hydrogens (tertiary/aromatic N) is 5. The molecule has 1 aliphatic carbocycles. The van der Waals surface area contributed by atoms with Crippen molar-refractivity contribution < 1.29 is 22.0 Å². The zero-order chi connectivity index (χ0) is 26.7. The van der Waals surface area contributed by atoms with Crippen LogP contribution in [0.3, 0.4) is 0 Å². The number of rotatable bonds is 7. The van der Waals surface area contributed by atoms with Crippen molar-refractivity contribution in [3.8, 4) is 11.1 Å². The predicted molar refractivity (Wildman–Crippen MR) is 135 cm³/mol. The average molecular weight is 531 g/mol. The lowest BCUT2D eigenvalue weighted by molar-refractivity contribution is -0.119. The van der Waals surface area contributed by atoms with Crippen molar-refractivity contribution in [2.45, 2.75) is 19.3 Å². The molecule has 3 N–H and O–H groups in total. The number of aryl methyl sites for hydroxylation is 2. The fourth-order valence-corrected chi connectivity index (χ4v) is 4.46. The normalized spacial score (nSPS) is 16.5. The second-order valence-corrected chi connectivity index (χ2v) is 11.1. The smallest absolute Gasteiger partial charge is 0.260 e. The second-order valence-electron chi connectivity index (χ2n) is 9.07. The molecule has 14 heteroatoms. The van der Waals surface area contributed by atoms with Gasteiger partial charge in [0.1, 0.15) is 23.1 Å².